The van der Waals surface area contributed by atoms with Crippen molar-refractivity contribution in [1.82, 2.24) is 9.79 Å². The molecule has 0 aromatic heterocycles. The summed E-state index contributed by atoms with van der Waals surface area (Å²) in [5.41, 5.74) is 5.34. The molecule has 1 aromatic rings. The molecule has 1 heterocycles. The summed E-state index contributed by atoms with van der Waals surface area (Å²) in [6.45, 7) is 3.27. The van der Waals surface area contributed by atoms with Crippen molar-refractivity contribution in [3.8, 4) is 17.6 Å². The van der Waals surface area contributed by atoms with Crippen LogP contribution in [-0.2, 0) is 14.8 Å². The van der Waals surface area contributed by atoms with E-state index >= 15 is 0 Å². The largest absolute Gasteiger partial charge is 0.481 e. The van der Waals surface area contributed by atoms with Gasteiger partial charge in [-0.05, 0) is 51.0 Å². The van der Waals surface area contributed by atoms with Gasteiger partial charge in [-0.2, -0.15) is 4.31 Å². The maximum Gasteiger partial charge on any atom is 0.264 e. The second kappa shape index (κ2) is 8.89. The molecule has 5 N–H and O–H groups in total. The highest BCUT2D eigenvalue weighted by Crippen LogP contribution is 2.32. The van der Waals surface area contributed by atoms with Crippen LogP contribution in [0.25, 0.3) is 0 Å². The Balaban J connectivity index is 2.23. The topological polar surface area (TPSA) is 142 Å². The maximum absolute atomic E-state index is 13.0. The molecule has 2 rings (SSSR count). The van der Waals surface area contributed by atoms with Crippen LogP contribution in [0.15, 0.2) is 29.2 Å². The number of nitrogens with two attached hydrogens (primary N) is 1. The Kier molecular flexibility index (Phi) is 7.03. The normalized spacial score (nSPS) is 24.0. The van der Waals surface area contributed by atoms with Crippen molar-refractivity contribution in [2.45, 2.75) is 49.3 Å². The van der Waals surface area contributed by atoms with Crippen molar-refractivity contribution < 1.29 is 28.3 Å². The van der Waals surface area contributed by atoms with E-state index in [9.17, 15) is 18.3 Å². The van der Waals surface area contributed by atoms with Crippen LogP contribution >= 0.6 is 0 Å². The molecular weight excluding hydrogens is 386 g/mol. The molecule has 1 aliphatic rings. The van der Waals surface area contributed by atoms with Gasteiger partial charge in [-0.3, -0.25) is 10.0 Å². The quantitative estimate of drug-likeness (QED) is 0.299. The first-order valence-electron chi connectivity index (χ1n) is 8.74. The third-order valence-corrected chi connectivity index (χ3v) is 6.25. The van der Waals surface area contributed by atoms with Gasteiger partial charge in [0.2, 0.25) is 10.0 Å². The number of nitrogens with one attached hydrogen (secondary N) is 1. The van der Waals surface area contributed by atoms with Gasteiger partial charge in [0.1, 0.15) is 18.4 Å². The molecule has 1 fully saturated rings. The third kappa shape index (κ3) is 5.01. The first kappa shape index (κ1) is 22.1. The fraction of sp³-hybridized carbons (Fsp3) is 0.500. The molecule has 1 aromatic carbocycles. The summed E-state index contributed by atoms with van der Waals surface area (Å²) < 4.78 is 32.4. The monoisotopic (exact) mass is 411 g/mol. The van der Waals surface area contributed by atoms with E-state index in [2.05, 4.69) is 11.8 Å². The summed E-state index contributed by atoms with van der Waals surface area (Å²) in [5.74, 6) is 4.92. The Morgan fingerprint density at radius 1 is 1.46 bits per heavy atom. The van der Waals surface area contributed by atoms with E-state index in [-0.39, 0.29) is 30.5 Å². The van der Waals surface area contributed by atoms with E-state index in [0.717, 1.165) is 4.31 Å². The molecule has 1 aliphatic heterocycles. The number of ether oxygens (including phenoxy) is 1. The van der Waals surface area contributed by atoms with Crippen LogP contribution < -0.4 is 16.0 Å². The number of hydroxylamine groups is 1. The van der Waals surface area contributed by atoms with Crippen LogP contribution in [0.5, 0.6) is 5.75 Å². The predicted octanol–water partition coefficient (Wildman–Crippen LogP) is -0.174. The zero-order chi connectivity index (χ0) is 20.9. The Morgan fingerprint density at radius 2 is 2.11 bits per heavy atom. The molecule has 28 heavy (non-hydrogen) atoms. The lowest BCUT2D eigenvalue weighted by Crippen LogP contribution is -2.62. The molecule has 10 heteroatoms. The average Bonchev–Trinajstić information content (AvgIpc) is 2.64. The average molecular weight is 411 g/mol. The number of amides is 1. The zero-order valence-corrected chi connectivity index (χ0v) is 16.6. The van der Waals surface area contributed by atoms with Gasteiger partial charge in [-0.25, -0.2) is 13.9 Å². The number of sulfonamides is 1. The van der Waals surface area contributed by atoms with Gasteiger partial charge in [0, 0.05) is 6.54 Å². The predicted molar refractivity (Wildman–Crippen MR) is 101 cm³/mol. The van der Waals surface area contributed by atoms with E-state index in [1.165, 1.54) is 36.7 Å². The number of rotatable bonds is 5. The van der Waals surface area contributed by atoms with Gasteiger partial charge in [0.15, 0.2) is 0 Å². The van der Waals surface area contributed by atoms with Crippen molar-refractivity contribution in [1.29, 1.82) is 0 Å². The standard InChI is InChI=1S/C18H25N3O6S/c1-13(19)5-3-12-27-14-6-8-15(9-7-14)28(25,26)21-11-4-10-18(2,23)16(21)17(22)20-24/h6-9,13,16,23-24H,4,10-12,19H2,1-2H3,(H,20,22). The Labute approximate surface area is 164 Å². The SMILES string of the molecule is CC(N)C#CCOc1ccc(S(=O)(=O)N2CCCC(C)(O)C2C(=O)NO)cc1. The molecule has 3 atom stereocenters. The van der Waals surface area contributed by atoms with Gasteiger partial charge < -0.3 is 15.6 Å². The molecule has 0 aliphatic carbocycles. The van der Waals surface area contributed by atoms with Crippen molar-refractivity contribution in [2.75, 3.05) is 13.2 Å². The minimum Gasteiger partial charge on any atom is -0.481 e. The molecule has 0 radical (unpaired) electrons. The molecule has 154 valence electrons. The highest BCUT2D eigenvalue weighted by atomic mass is 32.2. The highest BCUT2D eigenvalue weighted by Gasteiger charge is 2.49. The van der Waals surface area contributed by atoms with Crippen molar-refractivity contribution in [2.24, 2.45) is 5.73 Å². The molecule has 1 amide bonds. The summed E-state index contributed by atoms with van der Waals surface area (Å²) >= 11 is 0. The van der Waals surface area contributed by atoms with E-state index in [4.69, 9.17) is 15.7 Å². The summed E-state index contributed by atoms with van der Waals surface area (Å²) in [6.07, 6.45) is 0.604. The zero-order valence-electron chi connectivity index (χ0n) is 15.8. The van der Waals surface area contributed by atoms with E-state index in [0.29, 0.717) is 12.2 Å². The first-order valence-corrected chi connectivity index (χ1v) is 10.2. The fourth-order valence-corrected chi connectivity index (χ4v) is 4.79. The van der Waals surface area contributed by atoms with Gasteiger partial charge in [-0.1, -0.05) is 11.8 Å². The van der Waals surface area contributed by atoms with Crippen LogP contribution in [0, 0.1) is 11.8 Å². The first-order chi connectivity index (χ1) is 13.1. The minimum atomic E-state index is -4.09. The molecule has 9 nitrogen and oxygen atoms in total. The van der Waals surface area contributed by atoms with Gasteiger partial charge >= 0.3 is 0 Å². The lowest BCUT2D eigenvalue weighted by molar-refractivity contribution is -0.144. The summed E-state index contributed by atoms with van der Waals surface area (Å²) in [7, 11) is -4.09. The van der Waals surface area contributed by atoms with Crippen LogP contribution in [0.4, 0.5) is 0 Å². The summed E-state index contributed by atoms with van der Waals surface area (Å²) in [5, 5.41) is 19.5. The third-order valence-electron chi connectivity index (χ3n) is 4.37. The van der Waals surface area contributed by atoms with E-state index < -0.39 is 27.6 Å². The van der Waals surface area contributed by atoms with Crippen molar-refractivity contribution in [3.05, 3.63) is 24.3 Å². The summed E-state index contributed by atoms with van der Waals surface area (Å²) in [4.78, 5) is 12.0. The maximum atomic E-state index is 13.0. The van der Waals surface area contributed by atoms with Gasteiger partial charge in [0.25, 0.3) is 5.91 Å². The van der Waals surface area contributed by atoms with Crippen LogP contribution in [0.3, 0.4) is 0 Å². The Bertz CT molecular complexity index is 856. The van der Waals surface area contributed by atoms with Gasteiger partial charge in [-0.15, -0.1) is 0 Å². The van der Waals surface area contributed by atoms with E-state index in [1.807, 2.05) is 0 Å². The van der Waals surface area contributed by atoms with Crippen molar-refractivity contribution >= 4 is 15.9 Å². The number of nitrogens with zero attached hydrogens (tertiary/aromatic N) is 1. The number of aliphatic hydroxyl groups is 1. The second-order valence-corrected chi connectivity index (χ2v) is 8.72. The molecule has 0 saturated carbocycles. The number of hydrogen-bond acceptors (Lipinski definition) is 7. The number of piperidine rings is 1. The van der Waals surface area contributed by atoms with Crippen LogP contribution in [0.2, 0.25) is 0 Å². The van der Waals surface area contributed by atoms with Crippen LogP contribution in [0.1, 0.15) is 26.7 Å². The Morgan fingerprint density at radius 3 is 2.68 bits per heavy atom. The summed E-state index contributed by atoms with van der Waals surface area (Å²) in [6, 6.07) is 3.94. The second-order valence-electron chi connectivity index (χ2n) is 6.82. The van der Waals surface area contributed by atoms with E-state index in [1.54, 1.807) is 6.92 Å². The van der Waals surface area contributed by atoms with Crippen molar-refractivity contribution in [3.63, 3.8) is 0 Å². The molecule has 0 bridgehead atoms. The number of benzene rings is 1. The fourth-order valence-electron chi connectivity index (χ4n) is 3.07. The minimum absolute atomic E-state index is 0.0433. The number of hydrogen-bond donors (Lipinski definition) is 4. The van der Waals surface area contributed by atoms with Crippen LogP contribution in [-0.4, -0.2) is 59.8 Å². The lowest BCUT2D eigenvalue weighted by atomic mass is 9.87. The highest BCUT2D eigenvalue weighted by molar-refractivity contribution is 7.89. The number of carbonyl (C=O) groups excluding carboxylic acids is 1. The molecular formula is C18H25N3O6S. The molecule has 3 unspecified atom stereocenters. The molecule has 1 saturated heterocycles. The molecule has 0 spiro atoms. The lowest BCUT2D eigenvalue weighted by Gasteiger charge is -2.42. The number of carbonyl (C=O) groups is 1. The smallest absolute Gasteiger partial charge is 0.264 e. The Hall–Kier alpha value is -2.16. The van der Waals surface area contributed by atoms with Gasteiger partial charge in [0.05, 0.1) is 16.5 Å².